The summed E-state index contributed by atoms with van der Waals surface area (Å²) < 4.78 is 0. The van der Waals surface area contributed by atoms with Crippen molar-refractivity contribution in [3.05, 3.63) is 78.5 Å². The van der Waals surface area contributed by atoms with Crippen molar-refractivity contribution in [3.8, 4) is 22.4 Å². The van der Waals surface area contributed by atoms with Crippen LogP contribution in [0, 0.1) is 6.92 Å². The Morgan fingerprint density at radius 2 is 1.48 bits per heavy atom. The van der Waals surface area contributed by atoms with Crippen molar-refractivity contribution in [1.29, 1.82) is 0 Å². The summed E-state index contributed by atoms with van der Waals surface area (Å²) in [6.45, 7) is 8.66. The Morgan fingerprint density at radius 3 is 2.22 bits per heavy atom. The van der Waals surface area contributed by atoms with E-state index in [0.29, 0.717) is 0 Å². The van der Waals surface area contributed by atoms with E-state index in [1.54, 1.807) is 0 Å². The highest BCUT2D eigenvalue weighted by Crippen LogP contribution is 2.35. The second-order valence-electron chi connectivity index (χ2n) is 7.94. The van der Waals surface area contributed by atoms with E-state index in [1.807, 2.05) is 31.6 Å². The Kier molecular flexibility index (Phi) is 4.23. The van der Waals surface area contributed by atoms with Crippen LogP contribution in [0.3, 0.4) is 0 Å². The molecule has 0 fully saturated rings. The van der Waals surface area contributed by atoms with Crippen LogP contribution in [0.25, 0.3) is 33.2 Å². The maximum absolute atomic E-state index is 4.64. The second-order valence-corrected chi connectivity index (χ2v) is 7.94. The van der Waals surface area contributed by atoms with E-state index in [-0.39, 0.29) is 5.41 Å². The van der Waals surface area contributed by atoms with Gasteiger partial charge in [0.2, 0.25) is 0 Å². The highest BCUT2D eigenvalue weighted by molar-refractivity contribution is 5.91. The van der Waals surface area contributed by atoms with Gasteiger partial charge < -0.3 is 0 Å². The van der Waals surface area contributed by atoms with Crippen LogP contribution in [0.15, 0.2) is 67.1 Å². The third kappa shape index (κ3) is 3.45. The Labute approximate surface area is 160 Å². The van der Waals surface area contributed by atoms with Gasteiger partial charge in [-0.15, -0.1) is 0 Å². The smallest absolute Gasteiger partial charge is 0.125 e. The molecule has 3 nitrogen and oxygen atoms in total. The molecule has 0 spiro atoms. The summed E-state index contributed by atoms with van der Waals surface area (Å²) in [4.78, 5) is 13.3. The number of hydrogen-bond donors (Lipinski definition) is 0. The van der Waals surface area contributed by atoms with Gasteiger partial charge in [-0.3, -0.25) is 4.98 Å². The first kappa shape index (κ1) is 17.3. The van der Waals surface area contributed by atoms with Crippen molar-refractivity contribution in [2.75, 3.05) is 0 Å². The normalized spacial score (nSPS) is 11.7. The van der Waals surface area contributed by atoms with Crippen LogP contribution in [0.4, 0.5) is 0 Å². The van der Waals surface area contributed by atoms with Gasteiger partial charge in [-0.05, 0) is 58.5 Å². The fourth-order valence-electron chi connectivity index (χ4n) is 3.39. The lowest BCUT2D eigenvalue weighted by Crippen LogP contribution is -2.12. The van der Waals surface area contributed by atoms with Crippen molar-refractivity contribution < 1.29 is 0 Å². The van der Waals surface area contributed by atoms with Crippen molar-refractivity contribution in [2.24, 2.45) is 0 Å². The SMILES string of the molecule is Cc1ncc(-c2ccnc(-c3cc(C(C)(C)C)c4ccccc4c3)c2)cn1. The minimum Gasteiger partial charge on any atom is -0.256 e. The third-order valence-corrected chi connectivity index (χ3v) is 4.84. The zero-order valence-electron chi connectivity index (χ0n) is 16.2. The standard InChI is InChI=1S/C24H23N3/c1-16-26-14-20(15-27-16)17-9-10-25-23(13-17)19-11-18-7-5-6-8-21(18)22(12-19)24(2,3)4/h5-15H,1-4H3. The molecule has 0 saturated heterocycles. The van der Waals surface area contributed by atoms with Crippen LogP contribution in [0.1, 0.15) is 32.2 Å². The van der Waals surface area contributed by atoms with E-state index >= 15 is 0 Å². The van der Waals surface area contributed by atoms with Crippen LogP contribution in [0.5, 0.6) is 0 Å². The number of pyridine rings is 1. The molecule has 27 heavy (non-hydrogen) atoms. The van der Waals surface area contributed by atoms with Crippen molar-refractivity contribution in [2.45, 2.75) is 33.1 Å². The van der Waals surface area contributed by atoms with Gasteiger partial charge in [0.25, 0.3) is 0 Å². The molecule has 3 heteroatoms. The Hall–Kier alpha value is -3.07. The van der Waals surface area contributed by atoms with Gasteiger partial charge in [0, 0.05) is 29.7 Å². The molecule has 0 atom stereocenters. The number of hydrogen-bond acceptors (Lipinski definition) is 3. The number of aryl methyl sites for hydroxylation is 1. The molecule has 0 aliphatic rings. The predicted octanol–water partition coefficient (Wildman–Crippen LogP) is 5.96. The first-order valence-corrected chi connectivity index (χ1v) is 9.20. The summed E-state index contributed by atoms with van der Waals surface area (Å²) in [6.07, 6.45) is 5.58. The van der Waals surface area contributed by atoms with Crippen LogP contribution in [-0.2, 0) is 5.41 Å². The average molecular weight is 353 g/mol. The molecule has 4 rings (SSSR count). The van der Waals surface area contributed by atoms with Crippen LogP contribution in [0.2, 0.25) is 0 Å². The Morgan fingerprint density at radius 1 is 0.741 bits per heavy atom. The van der Waals surface area contributed by atoms with Gasteiger partial charge in [0.1, 0.15) is 5.82 Å². The highest BCUT2D eigenvalue weighted by atomic mass is 14.8. The van der Waals surface area contributed by atoms with Gasteiger partial charge in [0.15, 0.2) is 0 Å². The van der Waals surface area contributed by atoms with Gasteiger partial charge in [-0.1, -0.05) is 45.0 Å². The van der Waals surface area contributed by atoms with Gasteiger partial charge in [-0.25, -0.2) is 9.97 Å². The molecule has 0 unspecified atom stereocenters. The Bertz CT molecular complexity index is 1110. The third-order valence-electron chi connectivity index (χ3n) is 4.84. The summed E-state index contributed by atoms with van der Waals surface area (Å²) in [5, 5.41) is 2.54. The lowest BCUT2D eigenvalue weighted by Gasteiger charge is -2.22. The molecular weight excluding hydrogens is 330 g/mol. The van der Waals surface area contributed by atoms with E-state index in [4.69, 9.17) is 0 Å². The molecule has 0 saturated carbocycles. The first-order valence-electron chi connectivity index (χ1n) is 9.20. The van der Waals surface area contributed by atoms with E-state index in [9.17, 15) is 0 Å². The molecule has 0 amide bonds. The van der Waals surface area contributed by atoms with Crippen molar-refractivity contribution in [3.63, 3.8) is 0 Å². The van der Waals surface area contributed by atoms with Crippen LogP contribution >= 0.6 is 0 Å². The van der Waals surface area contributed by atoms with Gasteiger partial charge in [-0.2, -0.15) is 0 Å². The molecule has 2 aromatic heterocycles. The minimum atomic E-state index is 0.0536. The quantitative estimate of drug-likeness (QED) is 0.446. The molecule has 2 heterocycles. The lowest BCUT2D eigenvalue weighted by atomic mass is 9.82. The molecular formula is C24H23N3. The molecule has 2 aromatic carbocycles. The fourth-order valence-corrected chi connectivity index (χ4v) is 3.39. The summed E-state index contributed by atoms with van der Waals surface area (Å²) in [5.41, 5.74) is 5.56. The van der Waals surface area contributed by atoms with Crippen molar-refractivity contribution >= 4 is 10.8 Å². The largest absolute Gasteiger partial charge is 0.256 e. The molecule has 0 N–H and O–H groups in total. The fraction of sp³-hybridized carbons (Fsp3) is 0.208. The topological polar surface area (TPSA) is 38.7 Å². The molecule has 0 radical (unpaired) electrons. The summed E-state index contributed by atoms with van der Waals surface area (Å²) in [6, 6.07) is 17.2. The summed E-state index contributed by atoms with van der Waals surface area (Å²) >= 11 is 0. The zero-order chi connectivity index (χ0) is 19.0. The first-order chi connectivity index (χ1) is 12.9. The number of rotatable bonds is 2. The number of aromatic nitrogens is 3. The van der Waals surface area contributed by atoms with Crippen molar-refractivity contribution in [1.82, 2.24) is 15.0 Å². The molecule has 134 valence electrons. The van der Waals surface area contributed by atoms with Crippen LogP contribution < -0.4 is 0 Å². The highest BCUT2D eigenvalue weighted by Gasteiger charge is 2.18. The number of benzene rings is 2. The maximum Gasteiger partial charge on any atom is 0.125 e. The molecule has 4 aromatic rings. The van der Waals surface area contributed by atoms with E-state index in [1.165, 1.54) is 16.3 Å². The summed E-state index contributed by atoms with van der Waals surface area (Å²) in [5.74, 6) is 0.775. The van der Waals surface area contributed by atoms with E-state index < -0.39 is 0 Å². The van der Waals surface area contributed by atoms with E-state index in [0.717, 1.165) is 28.2 Å². The predicted molar refractivity (Wildman–Crippen MR) is 112 cm³/mol. The monoisotopic (exact) mass is 353 g/mol. The van der Waals surface area contributed by atoms with Crippen LogP contribution in [-0.4, -0.2) is 15.0 Å². The molecule has 0 bridgehead atoms. The molecule has 0 aliphatic carbocycles. The molecule has 0 aliphatic heterocycles. The lowest BCUT2D eigenvalue weighted by molar-refractivity contribution is 0.596. The maximum atomic E-state index is 4.64. The Balaban J connectivity index is 1.88. The zero-order valence-corrected chi connectivity index (χ0v) is 16.2. The van der Waals surface area contributed by atoms with E-state index in [2.05, 4.69) is 78.2 Å². The van der Waals surface area contributed by atoms with Gasteiger partial charge in [0.05, 0.1) is 5.69 Å². The number of nitrogens with zero attached hydrogens (tertiary/aromatic N) is 3. The number of fused-ring (bicyclic) bond motifs is 1. The van der Waals surface area contributed by atoms with Gasteiger partial charge >= 0.3 is 0 Å². The summed E-state index contributed by atoms with van der Waals surface area (Å²) in [7, 11) is 0. The minimum absolute atomic E-state index is 0.0536. The second kappa shape index (κ2) is 6.58. The average Bonchev–Trinajstić information content (AvgIpc) is 2.67.